The van der Waals surface area contributed by atoms with Crippen molar-refractivity contribution >= 4 is 11.0 Å². The van der Waals surface area contributed by atoms with Gasteiger partial charge in [-0.15, -0.1) is 0 Å². The lowest BCUT2D eigenvalue weighted by atomic mass is 9.72. The molecule has 0 radical (unpaired) electrons. The van der Waals surface area contributed by atoms with E-state index in [0.717, 1.165) is 6.20 Å². The molecule has 2 atom stereocenters. The predicted octanol–water partition coefficient (Wildman–Crippen LogP) is 6.37. The van der Waals surface area contributed by atoms with E-state index in [1.165, 1.54) is 6.07 Å². The zero-order valence-corrected chi connectivity index (χ0v) is 14.7. The largest absolute Gasteiger partial charge is 0.460 e. The highest BCUT2D eigenvalue weighted by molar-refractivity contribution is 5.73. The second-order valence-corrected chi connectivity index (χ2v) is 7.05. The molecule has 1 saturated carbocycles. The van der Waals surface area contributed by atoms with Gasteiger partial charge in [-0.1, -0.05) is 25.0 Å². The molecule has 11 heteroatoms. The predicted molar refractivity (Wildman–Crippen MR) is 85.1 cm³/mol. The summed E-state index contributed by atoms with van der Waals surface area (Å²) in [5.41, 5.74) is 0.522. The Morgan fingerprint density at radius 1 is 0.759 bits per heavy atom. The molecule has 1 aromatic heterocycles. The molecule has 0 amide bonds. The van der Waals surface area contributed by atoms with Crippen LogP contribution in [-0.2, 0) is 0 Å². The summed E-state index contributed by atoms with van der Waals surface area (Å²) in [6.07, 6.45) is -6.20. The summed E-state index contributed by atoms with van der Waals surface area (Å²) < 4.78 is 121. The molecule has 1 fully saturated rings. The molecule has 0 aliphatic heterocycles. The topological polar surface area (TPSA) is 25.8 Å². The molecule has 160 valence electrons. The Bertz CT molecular complexity index is 879. The number of alkyl halides is 9. The lowest BCUT2D eigenvalue weighted by Gasteiger charge is -2.42. The molecular formula is C18H15F9N2. The normalized spacial score (nSPS) is 22.1. The minimum absolute atomic E-state index is 0.00850. The Hall–Kier alpha value is -2.07. The maximum Gasteiger partial charge on any atom is 0.460 e. The van der Waals surface area contributed by atoms with Crippen molar-refractivity contribution in [3.63, 3.8) is 0 Å². The van der Waals surface area contributed by atoms with E-state index in [0.29, 0.717) is 11.9 Å². The number of para-hydroxylation sites is 2. The molecule has 1 aliphatic rings. The van der Waals surface area contributed by atoms with E-state index in [9.17, 15) is 39.5 Å². The van der Waals surface area contributed by atoms with E-state index in [1.54, 1.807) is 18.2 Å². The van der Waals surface area contributed by atoms with Gasteiger partial charge in [0.25, 0.3) is 0 Å². The first-order valence-corrected chi connectivity index (χ1v) is 8.72. The van der Waals surface area contributed by atoms with Crippen molar-refractivity contribution in [2.45, 2.75) is 55.5 Å². The van der Waals surface area contributed by atoms with E-state index >= 15 is 0 Å². The number of halogens is 9. The van der Waals surface area contributed by atoms with Crippen LogP contribution in [0.1, 0.15) is 37.3 Å². The minimum Gasteiger partial charge on any atom is -0.253 e. The summed E-state index contributed by atoms with van der Waals surface area (Å²) in [6, 6.07) is 6.27. The van der Waals surface area contributed by atoms with Gasteiger partial charge in [0.15, 0.2) is 0 Å². The van der Waals surface area contributed by atoms with Crippen LogP contribution < -0.4 is 0 Å². The molecule has 0 N–H and O–H groups in total. The summed E-state index contributed by atoms with van der Waals surface area (Å²) in [5.74, 6) is -23.0. The van der Waals surface area contributed by atoms with Gasteiger partial charge in [-0.25, -0.2) is 4.98 Å². The Morgan fingerprint density at radius 2 is 1.34 bits per heavy atom. The molecule has 1 aromatic carbocycles. The highest BCUT2D eigenvalue weighted by atomic mass is 19.4. The number of aromatic nitrogens is 2. The molecule has 0 saturated heterocycles. The van der Waals surface area contributed by atoms with Crippen molar-refractivity contribution < 1.29 is 39.5 Å². The maximum atomic E-state index is 14.6. The average Bonchev–Trinajstić information content (AvgIpc) is 2.66. The van der Waals surface area contributed by atoms with Gasteiger partial charge in [0.05, 0.1) is 16.7 Å². The number of nitrogens with zero attached hydrogens (tertiary/aromatic N) is 2. The first-order valence-electron chi connectivity index (χ1n) is 8.72. The third-order valence-electron chi connectivity index (χ3n) is 5.25. The molecule has 3 rings (SSSR count). The molecule has 0 spiro atoms. The van der Waals surface area contributed by atoms with E-state index in [2.05, 4.69) is 9.97 Å². The van der Waals surface area contributed by atoms with Crippen LogP contribution in [0.25, 0.3) is 11.0 Å². The van der Waals surface area contributed by atoms with E-state index in [4.69, 9.17) is 0 Å². The van der Waals surface area contributed by atoms with Gasteiger partial charge in [0.1, 0.15) is 0 Å². The second kappa shape index (κ2) is 7.02. The second-order valence-electron chi connectivity index (χ2n) is 7.05. The van der Waals surface area contributed by atoms with Gasteiger partial charge in [-0.05, 0) is 25.0 Å². The van der Waals surface area contributed by atoms with Crippen LogP contribution in [0, 0.1) is 5.92 Å². The molecule has 1 heterocycles. The van der Waals surface area contributed by atoms with Crippen molar-refractivity contribution in [2.24, 2.45) is 5.92 Å². The molecule has 2 nitrogen and oxygen atoms in total. The molecule has 2 aromatic rings. The van der Waals surface area contributed by atoms with Crippen molar-refractivity contribution in [2.75, 3.05) is 0 Å². The van der Waals surface area contributed by atoms with Gasteiger partial charge in [0, 0.05) is 18.0 Å². The van der Waals surface area contributed by atoms with Gasteiger partial charge in [-0.2, -0.15) is 39.5 Å². The minimum atomic E-state index is -6.89. The lowest BCUT2D eigenvalue weighted by Crippen LogP contribution is -2.63. The molecule has 29 heavy (non-hydrogen) atoms. The summed E-state index contributed by atoms with van der Waals surface area (Å²) in [4.78, 5) is 8.11. The SMILES string of the molecule is FC(F)(F)C(F)(F)C(F)(F)C(F)(F)C1CCCCC1c1cnc2ccccc2n1. The maximum absolute atomic E-state index is 14.6. The number of hydrogen-bond donors (Lipinski definition) is 0. The van der Waals surface area contributed by atoms with Crippen LogP contribution >= 0.6 is 0 Å². The fourth-order valence-electron chi connectivity index (χ4n) is 3.69. The Kier molecular flexibility index (Phi) is 5.23. The number of fused-ring (bicyclic) bond motifs is 1. The van der Waals surface area contributed by atoms with Crippen molar-refractivity contribution in [3.8, 4) is 0 Å². The van der Waals surface area contributed by atoms with Crippen LogP contribution in [0.3, 0.4) is 0 Å². The molecular weight excluding hydrogens is 415 g/mol. The molecule has 0 bridgehead atoms. The third-order valence-corrected chi connectivity index (χ3v) is 5.25. The van der Waals surface area contributed by atoms with E-state index < -0.39 is 42.2 Å². The zero-order chi connectivity index (χ0) is 21.7. The summed E-state index contributed by atoms with van der Waals surface area (Å²) >= 11 is 0. The zero-order valence-electron chi connectivity index (χ0n) is 14.7. The van der Waals surface area contributed by atoms with Crippen molar-refractivity contribution in [1.82, 2.24) is 9.97 Å². The smallest absolute Gasteiger partial charge is 0.253 e. The average molecular weight is 430 g/mol. The van der Waals surface area contributed by atoms with Gasteiger partial charge >= 0.3 is 23.9 Å². The lowest BCUT2D eigenvalue weighted by molar-refractivity contribution is -0.404. The standard InChI is InChI=1S/C18H15F9N2/c19-15(20,16(21,22)17(23,24)18(25,26)27)11-6-2-1-5-10(11)14-9-28-12-7-3-4-8-13(12)29-14/h3-4,7-11H,1-2,5-6H2. The van der Waals surface area contributed by atoms with Crippen LogP contribution in [-0.4, -0.2) is 33.9 Å². The van der Waals surface area contributed by atoms with Gasteiger partial charge in [0.2, 0.25) is 0 Å². The highest BCUT2D eigenvalue weighted by Gasteiger charge is 2.83. The number of hydrogen-bond acceptors (Lipinski definition) is 2. The van der Waals surface area contributed by atoms with Crippen LogP contribution in [0.2, 0.25) is 0 Å². The Labute approximate surface area is 159 Å². The van der Waals surface area contributed by atoms with Crippen LogP contribution in [0.4, 0.5) is 39.5 Å². The quantitative estimate of drug-likeness (QED) is 0.527. The Balaban J connectivity index is 2.03. The van der Waals surface area contributed by atoms with E-state index in [1.807, 2.05) is 0 Å². The summed E-state index contributed by atoms with van der Waals surface area (Å²) in [5, 5.41) is 0. The number of rotatable bonds is 4. The highest BCUT2D eigenvalue weighted by Crippen LogP contribution is 2.59. The van der Waals surface area contributed by atoms with Crippen LogP contribution in [0.5, 0.6) is 0 Å². The van der Waals surface area contributed by atoms with Crippen molar-refractivity contribution in [1.29, 1.82) is 0 Å². The molecule has 2 unspecified atom stereocenters. The fourth-order valence-corrected chi connectivity index (χ4v) is 3.69. The van der Waals surface area contributed by atoms with Crippen LogP contribution in [0.15, 0.2) is 30.5 Å². The summed E-state index contributed by atoms with van der Waals surface area (Å²) in [6.45, 7) is 0. The van der Waals surface area contributed by atoms with Gasteiger partial charge < -0.3 is 0 Å². The summed E-state index contributed by atoms with van der Waals surface area (Å²) in [7, 11) is 0. The Morgan fingerprint density at radius 3 is 1.97 bits per heavy atom. The third kappa shape index (κ3) is 3.42. The number of benzene rings is 1. The molecule has 1 aliphatic carbocycles. The monoisotopic (exact) mass is 430 g/mol. The van der Waals surface area contributed by atoms with Gasteiger partial charge in [-0.3, -0.25) is 4.98 Å². The first-order chi connectivity index (χ1) is 13.3. The van der Waals surface area contributed by atoms with Crippen molar-refractivity contribution in [3.05, 3.63) is 36.2 Å². The van der Waals surface area contributed by atoms with E-state index in [-0.39, 0.29) is 24.1 Å². The fraction of sp³-hybridized carbons (Fsp3) is 0.556. The first kappa shape index (κ1) is 21.6.